The lowest BCUT2D eigenvalue weighted by atomic mass is 9.97. The van der Waals surface area contributed by atoms with E-state index >= 15 is 0 Å². The molecule has 0 amide bonds. The van der Waals surface area contributed by atoms with Crippen LogP contribution in [-0.4, -0.2) is 43.5 Å². The van der Waals surface area contributed by atoms with E-state index in [1.807, 2.05) is 127 Å². The Kier molecular flexibility index (Phi) is 12.6. The SMILES string of the molecule is O=C(Oc1ccccc1)OC1O[C@H](COCc2ccccc2)[C@H](OCc2ccccc2)[C@H](OCc2ccccc2)[C@H]1OCc1ccccc1. The number of ether oxygens (including phenoxy) is 7. The van der Waals surface area contributed by atoms with E-state index in [0.717, 1.165) is 22.3 Å². The summed E-state index contributed by atoms with van der Waals surface area (Å²) in [7, 11) is 0. The van der Waals surface area contributed by atoms with Gasteiger partial charge < -0.3 is 33.2 Å². The summed E-state index contributed by atoms with van der Waals surface area (Å²) in [6, 6.07) is 48.1. The van der Waals surface area contributed by atoms with Crippen LogP contribution in [0.4, 0.5) is 4.79 Å². The predicted molar refractivity (Wildman–Crippen MR) is 183 cm³/mol. The molecule has 0 spiro atoms. The molecule has 0 N–H and O–H groups in total. The van der Waals surface area contributed by atoms with Gasteiger partial charge in [0.15, 0.2) is 0 Å². The molecule has 8 nitrogen and oxygen atoms in total. The third kappa shape index (κ3) is 10.3. The van der Waals surface area contributed by atoms with Crippen LogP contribution in [0.25, 0.3) is 0 Å². The number of hydrogen-bond donors (Lipinski definition) is 0. The molecule has 5 atom stereocenters. The summed E-state index contributed by atoms with van der Waals surface area (Å²) in [5.74, 6) is 0.341. The molecule has 5 aromatic carbocycles. The summed E-state index contributed by atoms with van der Waals surface area (Å²) in [4.78, 5) is 13.2. The number of para-hydroxylation sites is 1. The summed E-state index contributed by atoms with van der Waals surface area (Å²) < 4.78 is 44.0. The summed E-state index contributed by atoms with van der Waals surface area (Å²) in [5.41, 5.74) is 3.90. The van der Waals surface area contributed by atoms with E-state index in [-0.39, 0.29) is 19.8 Å². The zero-order valence-electron chi connectivity index (χ0n) is 27.1. The van der Waals surface area contributed by atoms with Gasteiger partial charge in [-0.25, -0.2) is 4.79 Å². The average Bonchev–Trinajstić information content (AvgIpc) is 3.15. The van der Waals surface area contributed by atoms with Gasteiger partial charge in [0.25, 0.3) is 0 Å². The maximum atomic E-state index is 13.2. The van der Waals surface area contributed by atoms with Gasteiger partial charge in [-0.2, -0.15) is 0 Å². The molecule has 1 heterocycles. The fourth-order valence-corrected chi connectivity index (χ4v) is 5.55. The van der Waals surface area contributed by atoms with Crippen LogP contribution in [0.2, 0.25) is 0 Å². The van der Waals surface area contributed by atoms with Gasteiger partial charge >= 0.3 is 6.16 Å². The molecule has 0 aromatic heterocycles. The maximum Gasteiger partial charge on any atom is 0.516 e. The van der Waals surface area contributed by atoms with Gasteiger partial charge in [0, 0.05) is 0 Å². The van der Waals surface area contributed by atoms with E-state index in [4.69, 9.17) is 33.2 Å². The topological polar surface area (TPSA) is 81.7 Å². The van der Waals surface area contributed by atoms with Crippen LogP contribution >= 0.6 is 0 Å². The highest BCUT2D eigenvalue weighted by molar-refractivity contribution is 5.63. The Morgan fingerprint density at radius 3 is 1.39 bits per heavy atom. The molecule has 0 bridgehead atoms. The highest BCUT2D eigenvalue weighted by atomic mass is 16.8. The summed E-state index contributed by atoms with van der Waals surface area (Å²) in [6.45, 7) is 1.27. The minimum atomic E-state index is -1.21. The van der Waals surface area contributed by atoms with Gasteiger partial charge in [0.2, 0.25) is 6.29 Å². The lowest BCUT2D eigenvalue weighted by molar-refractivity contribution is -0.317. The molecule has 1 aliphatic rings. The lowest BCUT2D eigenvalue weighted by Crippen LogP contribution is -2.62. The molecular formula is C41H40O8. The van der Waals surface area contributed by atoms with Crippen LogP contribution in [0.5, 0.6) is 5.75 Å². The second-order valence-corrected chi connectivity index (χ2v) is 11.6. The lowest BCUT2D eigenvalue weighted by Gasteiger charge is -2.45. The van der Waals surface area contributed by atoms with Crippen LogP contribution in [-0.2, 0) is 54.8 Å². The van der Waals surface area contributed by atoms with Crippen LogP contribution in [0.3, 0.4) is 0 Å². The molecule has 1 saturated heterocycles. The largest absolute Gasteiger partial charge is 0.516 e. The van der Waals surface area contributed by atoms with Crippen LogP contribution in [0.1, 0.15) is 22.3 Å². The zero-order chi connectivity index (χ0) is 33.5. The third-order valence-electron chi connectivity index (χ3n) is 8.00. The van der Waals surface area contributed by atoms with Gasteiger partial charge in [-0.15, -0.1) is 0 Å². The van der Waals surface area contributed by atoms with E-state index in [1.54, 1.807) is 24.3 Å². The Morgan fingerprint density at radius 2 is 0.898 bits per heavy atom. The Hall–Kier alpha value is -4.83. The first-order valence-corrected chi connectivity index (χ1v) is 16.4. The molecule has 1 aliphatic heterocycles. The van der Waals surface area contributed by atoms with Crippen molar-refractivity contribution in [2.24, 2.45) is 0 Å². The molecule has 252 valence electrons. The summed E-state index contributed by atoms with van der Waals surface area (Å²) in [6.07, 6.45) is -5.12. The van der Waals surface area contributed by atoms with E-state index in [9.17, 15) is 4.79 Å². The second kappa shape index (κ2) is 18.1. The second-order valence-electron chi connectivity index (χ2n) is 11.6. The Labute approximate surface area is 287 Å². The van der Waals surface area contributed by atoms with Crippen molar-refractivity contribution in [3.8, 4) is 5.75 Å². The average molecular weight is 661 g/mol. The number of benzene rings is 5. The number of rotatable bonds is 15. The van der Waals surface area contributed by atoms with Gasteiger partial charge in [0.05, 0.1) is 33.0 Å². The fraction of sp³-hybridized carbons (Fsp3) is 0.244. The van der Waals surface area contributed by atoms with Crippen molar-refractivity contribution in [2.45, 2.75) is 57.1 Å². The fourth-order valence-electron chi connectivity index (χ4n) is 5.55. The molecule has 8 heteroatoms. The first kappa shape index (κ1) is 34.0. The molecule has 5 aromatic rings. The van der Waals surface area contributed by atoms with Gasteiger partial charge in [-0.05, 0) is 34.4 Å². The Morgan fingerprint density at radius 1 is 0.490 bits per heavy atom. The molecule has 1 unspecified atom stereocenters. The van der Waals surface area contributed by atoms with Gasteiger partial charge in [0.1, 0.15) is 30.2 Å². The van der Waals surface area contributed by atoms with E-state index in [1.165, 1.54) is 0 Å². The minimum absolute atomic E-state index is 0.137. The highest BCUT2D eigenvalue weighted by Crippen LogP contribution is 2.32. The number of carbonyl (C=O) groups excluding carboxylic acids is 1. The molecule has 6 rings (SSSR count). The monoisotopic (exact) mass is 660 g/mol. The molecule has 1 fully saturated rings. The van der Waals surface area contributed by atoms with Gasteiger partial charge in [-0.1, -0.05) is 140 Å². The van der Waals surface area contributed by atoms with Gasteiger partial charge in [-0.3, -0.25) is 0 Å². The molecule has 0 saturated carbocycles. The van der Waals surface area contributed by atoms with Crippen LogP contribution in [0.15, 0.2) is 152 Å². The van der Waals surface area contributed by atoms with Crippen molar-refractivity contribution in [2.75, 3.05) is 6.61 Å². The van der Waals surface area contributed by atoms with E-state index in [2.05, 4.69) is 0 Å². The van der Waals surface area contributed by atoms with Crippen molar-refractivity contribution in [1.82, 2.24) is 0 Å². The minimum Gasteiger partial charge on any atom is -0.401 e. The van der Waals surface area contributed by atoms with Crippen molar-refractivity contribution >= 4 is 6.16 Å². The van der Waals surface area contributed by atoms with Crippen molar-refractivity contribution in [3.63, 3.8) is 0 Å². The Bertz CT molecular complexity index is 1660. The van der Waals surface area contributed by atoms with Crippen LogP contribution < -0.4 is 4.74 Å². The summed E-state index contributed by atoms with van der Waals surface area (Å²) >= 11 is 0. The van der Waals surface area contributed by atoms with E-state index < -0.39 is 36.9 Å². The number of hydrogen-bond acceptors (Lipinski definition) is 8. The first-order chi connectivity index (χ1) is 24.2. The molecular weight excluding hydrogens is 620 g/mol. The predicted octanol–water partition coefficient (Wildman–Crippen LogP) is 7.90. The summed E-state index contributed by atoms with van der Waals surface area (Å²) in [5, 5.41) is 0. The molecule has 0 aliphatic carbocycles. The molecule has 0 radical (unpaired) electrons. The smallest absolute Gasteiger partial charge is 0.401 e. The quantitative estimate of drug-likeness (QED) is 0.0829. The standard InChI is InChI=1S/C41H40O8/c42-41(47-35-24-14-5-15-25-35)49-40-39(46-29-34-22-12-4-13-23-34)38(45-28-33-20-10-3-11-21-33)37(44-27-32-18-8-2-9-19-32)36(48-40)30-43-26-31-16-6-1-7-17-31/h1-25,36-40H,26-30H2/t36-,37+,38+,39-,40?/m1/s1. The maximum absolute atomic E-state index is 13.2. The van der Waals surface area contributed by atoms with Crippen molar-refractivity contribution in [1.29, 1.82) is 0 Å². The molecule has 49 heavy (non-hydrogen) atoms. The normalized spacial score (nSPS) is 20.4. The zero-order valence-corrected chi connectivity index (χ0v) is 27.1. The third-order valence-corrected chi connectivity index (χ3v) is 8.00. The Balaban J connectivity index is 1.30. The van der Waals surface area contributed by atoms with Crippen molar-refractivity contribution in [3.05, 3.63) is 174 Å². The van der Waals surface area contributed by atoms with Crippen LogP contribution in [0, 0.1) is 0 Å². The first-order valence-electron chi connectivity index (χ1n) is 16.4. The highest BCUT2D eigenvalue weighted by Gasteiger charge is 2.50. The van der Waals surface area contributed by atoms with Crippen molar-refractivity contribution < 1.29 is 38.0 Å². The van der Waals surface area contributed by atoms with E-state index in [0.29, 0.717) is 19.0 Å². The number of carbonyl (C=O) groups is 1.